The Bertz CT molecular complexity index is 984. The van der Waals surface area contributed by atoms with E-state index in [1.54, 1.807) is 0 Å². The van der Waals surface area contributed by atoms with E-state index in [2.05, 4.69) is 91.5 Å². The smallest absolute Gasteiger partial charge is 0.0809 e. The summed E-state index contributed by atoms with van der Waals surface area (Å²) in [5.41, 5.74) is 1.35. The Labute approximate surface area is 196 Å². The van der Waals surface area contributed by atoms with Crippen molar-refractivity contribution in [1.82, 2.24) is 0 Å². The van der Waals surface area contributed by atoms with Gasteiger partial charge < -0.3 is 24.8 Å². The fraction of sp³-hybridized carbons (Fsp3) is 0.0500. The second kappa shape index (κ2) is 11.8. The molecule has 5 rings (SSSR count). The van der Waals surface area contributed by atoms with Gasteiger partial charge in [-0.15, -0.1) is 77.0 Å². The summed E-state index contributed by atoms with van der Waals surface area (Å²) in [7, 11) is 4.17. The average Bonchev–Trinajstić information content (AvgIpc) is 3.31. The first-order valence-electron chi connectivity index (χ1n) is 7.38. The average molecular weight is 559 g/mol. The number of thioether (sulfide) groups is 1. The van der Waals surface area contributed by atoms with Gasteiger partial charge in [0.2, 0.25) is 0 Å². The maximum absolute atomic E-state index is 4.17. The Hall–Kier alpha value is 0.0431. The SMILES string of the molecule is BrC1C=C2C=c3[c-]cccc3=C2S1.[Cl-].[Cl-].[S]=[Zr+2].c1ccc2[cH-]ccc2c1. The van der Waals surface area contributed by atoms with Crippen molar-refractivity contribution < 1.29 is 47.5 Å². The number of halogens is 3. The summed E-state index contributed by atoms with van der Waals surface area (Å²) in [6.45, 7) is 0. The van der Waals surface area contributed by atoms with Crippen molar-refractivity contribution in [3.05, 3.63) is 88.8 Å². The molecule has 6 heteroatoms. The van der Waals surface area contributed by atoms with Crippen LogP contribution in [0.25, 0.3) is 21.8 Å². The molecule has 0 fully saturated rings. The molecule has 0 saturated heterocycles. The van der Waals surface area contributed by atoms with Gasteiger partial charge in [0.25, 0.3) is 0 Å². The normalized spacial score (nSPS) is 15.6. The summed E-state index contributed by atoms with van der Waals surface area (Å²) >= 11 is 6.58. The van der Waals surface area contributed by atoms with E-state index >= 15 is 0 Å². The Morgan fingerprint density at radius 1 is 1.08 bits per heavy atom. The van der Waals surface area contributed by atoms with Gasteiger partial charge in [0, 0.05) is 0 Å². The monoisotopic (exact) mass is 556 g/mol. The van der Waals surface area contributed by atoms with Crippen LogP contribution in [0.5, 0.6) is 0 Å². The van der Waals surface area contributed by atoms with Crippen LogP contribution < -0.4 is 35.3 Å². The third-order valence-corrected chi connectivity index (χ3v) is 5.66. The molecular formula is C20H13BrCl2S2Zr-2. The van der Waals surface area contributed by atoms with Gasteiger partial charge in [-0.05, 0) is 4.91 Å². The molecule has 1 atom stereocenters. The maximum Gasteiger partial charge on any atom is -0.0809 e. The van der Waals surface area contributed by atoms with Gasteiger partial charge in [0.05, 0.1) is 4.16 Å². The van der Waals surface area contributed by atoms with E-state index in [9.17, 15) is 0 Å². The molecule has 0 aromatic heterocycles. The number of hydrogen-bond acceptors (Lipinski definition) is 2. The molecule has 0 nitrogen and oxygen atoms in total. The Kier molecular flexibility index (Phi) is 10.9. The summed E-state index contributed by atoms with van der Waals surface area (Å²) in [6, 6.07) is 24.1. The second-order valence-electron chi connectivity index (χ2n) is 5.22. The second-order valence-corrected chi connectivity index (χ2v) is 7.96. The quantitative estimate of drug-likeness (QED) is 0.256. The molecule has 0 bridgehead atoms. The van der Waals surface area contributed by atoms with Gasteiger partial charge in [-0.2, -0.15) is 17.5 Å². The molecule has 0 spiro atoms. The number of alkyl halides is 1. The van der Waals surface area contributed by atoms with E-state index in [-0.39, 0.29) is 24.8 Å². The summed E-state index contributed by atoms with van der Waals surface area (Å²) in [4.78, 5) is 1.40. The first-order valence-corrected chi connectivity index (χ1v) is 12.6. The van der Waals surface area contributed by atoms with Gasteiger partial charge in [-0.3, -0.25) is 0 Å². The molecule has 1 aliphatic carbocycles. The first-order chi connectivity index (χ1) is 11.8. The van der Waals surface area contributed by atoms with Gasteiger partial charge in [-0.1, -0.05) is 38.9 Å². The predicted molar refractivity (Wildman–Crippen MR) is 108 cm³/mol. The van der Waals surface area contributed by atoms with E-state index < -0.39 is 0 Å². The van der Waals surface area contributed by atoms with Crippen LogP contribution in [0.3, 0.4) is 0 Å². The van der Waals surface area contributed by atoms with Gasteiger partial charge in [0.15, 0.2) is 0 Å². The summed E-state index contributed by atoms with van der Waals surface area (Å²) < 4.78 is 0.446. The van der Waals surface area contributed by atoms with Crippen LogP contribution in [0.15, 0.2) is 72.3 Å². The van der Waals surface area contributed by atoms with E-state index in [0.717, 1.165) is 22.7 Å². The third kappa shape index (κ3) is 5.53. The molecule has 0 N–H and O–H groups in total. The summed E-state index contributed by atoms with van der Waals surface area (Å²) in [6.07, 6.45) is 4.45. The van der Waals surface area contributed by atoms with Crippen LogP contribution >= 0.6 is 36.5 Å². The predicted octanol–water partition coefficient (Wildman–Crippen LogP) is -1.00. The van der Waals surface area contributed by atoms with Crippen molar-refractivity contribution in [2.45, 2.75) is 4.16 Å². The molecular weight excluding hydrogens is 546 g/mol. The van der Waals surface area contributed by atoms with Crippen LogP contribution in [0.4, 0.5) is 0 Å². The van der Waals surface area contributed by atoms with E-state index in [1.165, 1.54) is 31.7 Å². The van der Waals surface area contributed by atoms with Gasteiger partial charge >= 0.3 is 31.5 Å². The molecule has 1 aliphatic heterocycles. The molecule has 1 heterocycles. The minimum Gasteiger partial charge on any atom is -0.168 e. The Morgan fingerprint density at radius 3 is 2.62 bits per heavy atom. The Morgan fingerprint density at radius 2 is 1.85 bits per heavy atom. The zero-order valence-electron chi connectivity index (χ0n) is 13.5. The molecule has 0 saturated carbocycles. The maximum atomic E-state index is 4.17. The summed E-state index contributed by atoms with van der Waals surface area (Å²) in [5, 5.41) is 5.23. The molecule has 1 unspecified atom stereocenters. The molecule has 26 heavy (non-hydrogen) atoms. The Balaban J connectivity index is 0.000000232. The topological polar surface area (TPSA) is 0 Å². The number of rotatable bonds is 0. The van der Waals surface area contributed by atoms with Crippen molar-refractivity contribution >= 4 is 58.3 Å². The van der Waals surface area contributed by atoms with Gasteiger partial charge in [0.1, 0.15) is 0 Å². The molecule has 2 aliphatic rings. The van der Waals surface area contributed by atoms with Crippen molar-refractivity contribution in [2.75, 3.05) is 0 Å². The minimum atomic E-state index is 0. The van der Waals surface area contributed by atoms with E-state index in [4.69, 9.17) is 0 Å². The molecule has 0 radical (unpaired) electrons. The number of benzene rings is 2. The van der Waals surface area contributed by atoms with Crippen molar-refractivity contribution in [1.29, 1.82) is 0 Å². The van der Waals surface area contributed by atoms with Crippen molar-refractivity contribution in [3.63, 3.8) is 0 Å². The van der Waals surface area contributed by atoms with Crippen LogP contribution in [0.2, 0.25) is 0 Å². The van der Waals surface area contributed by atoms with E-state index in [0.29, 0.717) is 4.16 Å². The summed E-state index contributed by atoms with van der Waals surface area (Å²) in [5.74, 6) is 0. The molecule has 3 aromatic carbocycles. The molecule has 3 aromatic rings. The molecule has 0 amide bonds. The zero-order valence-corrected chi connectivity index (χ0v) is 20.6. The standard InChI is InChI=1S/C11H6BrS.C9H7.2ClH.S.Zr/c12-10-6-8-5-7-3-1-2-4-9(7)11(8)13-10;1-2-5-9-7-3-6-8(9)4-1;;;;/h1-2,4-6,10H;1-7H;2*1H;;/q2*-1;;;;+2/p-2. The van der Waals surface area contributed by atoms with Crippen molar-refractivity contribution in [3.8, 4) is 0 Å². The number of fused-ring (bicyclic) bond motifs is 3. The van der Waals surface area contributed by atoms with Crippen LogP contribution in [-0.4, -0.2) is 4.16 Å². The minimum absolute atomic E-state index is 0. The first kappa shape index (κ1) is 24.1. The zero-order chi connectivity index (χ0) is 16.9. The third-order valence-electron chi connectivity index (χ3n) is 3.78. The van der Waals surface area contributed by atoms with E-state index in [1.807, 2.05) is 23.9 Å². The van der Waals surface area contributed by atoms with Crippen LogP contribution in [0, 0.1) is 6.07 Å². The largest absolute Gasteiger partial charge is 0.168 e. The van der Waals surface area contributed by atoms with Crippen LogP contribution in [0.1, 0.15) is 0 Å². The van der Waals surface area contributed by atoms with Gasteiger partial charge in [-0.25, -0.2) is 0 Å². The molecule has 132 valence electrons. The van der Waals surface area contributed by atoms with Crippen LogP contribution in [-0.2, 0) is 22.7 Å². The number of hydrogen-bond donors (Lipinski definition) is 0. The van der Waals surface area contributed by atoms with Crippen molar-refractivity contribution in [2.24, 2.45) is 0 Å². The fourth-order valence-electron chi connectivity index (χ4n) is 2.76. The fourth-order valence-corrected chi connectivity index (χ4v) is 4.61.